The van der Waals surface area contributed by atoms with E-state index in [0.29, 0.717) is 5.06 Å². The summed E-state index contributed by atoms with van der Waals surface area (Å²) in [5.74, 6) is -0.445. The minimum absolute atomic E-state index is 0.445. The van der Waals surface area contributed by atoms with E-state index < -0.39 is 5.91 Å². The lowest BCUT2D eigenvalue weighted by molar-refractivity contribution is -0.153. The molecule has 0 radical (unpaired) electrons. The van der Waals surface area contributed by atoms with Crippen LogP contribution in [-0.2, 0) is 11.2 Å². The van der Waals surface area contributed by atoms with Crippen molar-refractivity contribution >= 4 is 23.7 Å². The van der Waals surface area contributed by atoms with Crippen molar-refractivity contribution in [3.05, 3.63) is 71.3 Å². The van der Waals surface area contributed by atoms with Crippen molar-refractivity contribution in [2.75, 3.05) is 13.3 Å². The summed E-state index contributed by atoms with van der Waals surface area (Å²) in [5.41, 5.74) is 3.36. The summed E-state index contributed by atoms with van der Waals surface area (Å²) in [6.45, 7) is 0. The molecule has 0 aliphatic carbocycles. The number of thioether (sulfide) groups is 1. The number of nitrogens with zero attached hydrogens (tertiary/aromatic N) is 1. The Morgan fingerprint density at radius 1 is 1.23 bits per heavy atom. The number of hydrogen-bond acceptors (Lipinski definition) is 3. The van der Waals surface area contributed by atoms with Crippen LogP contribution < -0.4 is 0 Å². The van der Waals surface area contributed by atoms with Gasteiger partial charge in [0.15, 0.2) is 0 Å². The maximum atomic E-state index is 11.5. The smallest absolute Gasteiger partial charge is 0.269 e. The van der Waals surface area contributed by atoms with Gasteiger partial charge in [-0.25, -0.2) is 5.06 Å². The number of hydroxylamine groups is 2. The van der Waals surface area contributed by atoms with Gasteiger partial charge in [0.1, 0.15) is 0 Å². The Bertz CT molecular complexity index is 666. The molecular formula is C18H19NO2S. The summed E-state index contributed by atoms with van der Waals surface area (Å²) < 4.78 is 0. The van der Waals surface area contributed by atoms with Crippen LogP contribution in [0.3, 0.4) is 0 Å². The summed E-state index contributed by atoms with van der Waals surface area (Å²) in [7, 11) is 1.31. The SMILES string of the molecule is CSc1ccc(C=CC(=O)N(C)O)c(Cc2ccccc2)c1. The van der Waals surface area contributed by atoms with Gasteiger partial charge in [-0.3, -0.25) is 10.0 Å². The Morgan fingerprint density at radius 3 is 2.59 bits per heavy atom. The lowest BCUT2D eigenvalue weighted by Gasteiger charge is -2.09. The van der Waals surface area contributed by atoms with E-state index >= 15 is 0 Å². The predicted octanol–water partition coefficient (Wildman–Crippen LogP) is 3.86. The first-order valence-electron chi connectivity index (χ1n) is 6.95. The van der Waals surface area contributed by atoms with Crippen LogP contribution in [0.1, 0.15) is 16.7 Å². The maximum Gasteiger partial charge on any atom is 0.269 e. The molecule has 0 aliphatic heterocycles. The highest BCUT2D eigenvalue weighted by Gasteiger charge is 2.05. The highest BCUT2D eigenvalue weighted by molar-refractivity contribution is 7.98. The highest BCUT2D eigenvalue weighted by atomic mass is 32.2. The Morgan fingerprint density at radius 2 is 1.95 bits per heavy atom. The fraction of sp³-hybridized carbons (Fsp3) is 0.167. The number of rotatable bonds is 5. The van der Waals surface area contributed by atoms with Gasteiger partial charge in [-0.15, -0.1) is 11.8 Å². The zero-order valence-corrected chi connectivity index (χ0v) is 13.5. The Balaban J connectivity index is 2.31. The molecule has 0 fully saturated rings. The van der Waals surface area contributed by atoms with Crippen molar-refractivity contribution in [1.82, 2.24) is 5.06 Å². The average molecular weight is 313 g/mol. The molecule has 2 aromatic rings. The minimum atomic E-state index is -0.445. The van der Waals surface area contributed by atoms with Gasteiger partial charge in [-0.2, -0.15) is 0 Å². The van der Waals surface area contributed by atoms with Crippen LogP contribution >= 0.6 is 11.8 Å². The second-order valence-corrected chi connectivity index (χ2v) is 5.80. The van der Waals surface area contributed by atoms with E-state index in [-0.39, 0.29) is 0 Å². The van der Waals surface area contributed by atoms with Crippen LogP contribution in [0.4, 0.5) is 0 Å². The first-order chi connectivity index (χ1) is 10.6. The molecule has 0 bridgehead atoms. The molecule has 114 valence electrons. The lowest BCUT2D eigenvalue weighted by atomic mass is 9.99. The number of carbonyl (C=O) groups is 1. The molecule has 0 aromatic heterocycles. The van der Waals surface area contributed by atoms with Crippen molar-refractivity contribution in [2.45, 2.75) is 11.3 Å². The molecule has 3 nitrogen and oxygen atoms in total. The summed E-state index contributed by atoms with van der Waals surface area (Å²) in [6, 6.07) is 16.4. The maximum absolute atomic E-state index is 11.5. The van der Waals surface area contributed by atoms with Crippen LogP contribution in [0.25, 0.3) is 6.08 Å². The third-order valence-electron chi connectivity index (χ3n) is 3.31. The highest BCUT2D eigenvalue weighted by Crippen LogP contribution is 2.23. The molecule has 0 atom stereocenters. The number of hydrogen-bond donors (Lipinski definition) is 1. The van der Waals surface area contributed by atoms with Crippen LogP contribution in [0.2, 0.25) is 0 Å². The predicted molar refractivity (Wildman–Crippen MR) is 91.1 cm³/mol. The topological polar surface area (TPSA) is 40.5 Å². The van der Waals surface area contributed by atoms with Gasteiger partial charge in [0.2, 0.25) is 0 Å². The molecule has 0 unspecified atom stereocenters. The largest absolute Gasteiger partial charge is 0.286 e. The first kappa shape index (κ1) is 16.3. The molecule has 1 N–H and O–H groups in total. The van der Waals surface area contributed by atoms with Crippen molar-refractivity contribution < 1.29 is 10.0 Å². The molecule has 22 heavy (non-hydrogen) atoms. The van der Waals surface area contributed by atoms with Crippen molar-refractivity contribution in [3.63, 3.8) is 0 Å². The number of likely N-dealkylation sites (N-methyl/N-ethyl adjacent to an activating group) is 1. The van der Waals surface area contributed by atoms with E-state index in [1.807, 2.05) is 36.6 Å². The van der Waals surface area contributed by atoms with Gasteiger partial charge < -0.3 is 0 Å². The minimum Gasteiger partial charge on any atom is -0.286 e. The van der Waals surface area contributed by atoms with Crippen molar-refractivity contribution in [3.8, 4) is 0 Å². The average Bonchev–Trinajstić information content (AvgIpc) is 2.54. The second-order valence-electron chi connectivity index (χ2n) is 4.92. The van der Waals surface area contributed by atoms with Gasteiger partial charge in [-0.05, 0) is 47.6 Å². The van der Waals surface area contributed by atoms with Gasteiger partial charge in [0.25, 0.3) is 5.91 Å². The normalized spacial score (nSPS) is 10.9. The van der Waals surface area contributed by atoms with E-state index in [4.69, 9.17) is 5.21 Å². The van der Waals surface area contributed by atoms with Crippen LogP contribution in [0.15, 0.2) is 59.5 Å². The first-order valence-corrected chi connectivity index (χ1v) is 8.18. The van der Waals surface area contributed by atoms with Crippen molar-refractivity contribution in [1.29, 1.82) is 0 Å². The summed E-state index contributed by atoms with van der Waals surface area (Å²) in [5, 5.41) is 9.69. The molecule has 0 aliphatic rings. The van der Waals surface area contributed by atoms with Crippen molar-refractivity contribution in [2.24, 2.45) is 0 Å². The molecule has 0 saturated heterocycles. The number of carbonyl (C=O) groups excluding carboxylic acids is 1. The van der Waals surface area contributed by atoms with E-state index in [1.54, 1.807) is 17.8 Å². The zero-order chi connectivity index (χ0) is 15.9. The second kappa shape index (κ2) is 7.82. The fourth-order valence-corrected chi connectivity index (χ4v) is 2.57. The van der Waals surface area contributed by atoms with Gasteiger partial charge in [0.05, 0.1) is 0 Å². The standard InChI is InChI=1S/C18H19NO2S/c1-19(21)18(20)11-9-15-8-10-17(22-2)13-16(15)12-14-6-4-3-5-7-14/h3-11,13,21H,12H2,1-2H3. The fourth-order valence-electron chi connectivity index (χ4n) is 2.11. The number of benzene rings is 2. The Labute approximate surface area is 135 Å². The Kier molecular flexibility index (Phi) is 5.81. The van der Waals surface area contributed by atoms with E-state index in [0.717, 1.165) is 17.5 Å². The van der Waals surface area contributed by atoms with Gasteiger partial charge >= 0.3 is 0 Å². The summed E-state index contributed by atoms with van der Waals surface area (Å²) in [6.07, 6.45) is 5.97. The van der Waals surface area contributed by atoms with E-state index in [2.05, 4.69) is 18.2 Å². The van der Waals surface area contributed by atoms with Gasteiger partial charge in [0, 0.05) is 18.0 Å². The summed E-state index contributed by atoms with van der Waals surface area (Å²) in [4.78, 5) is 12.7. The third kappa shape index (κ3) is 4.48. The summed E-state index contributed by atoms with van der Waals surface area (Å²) >= 11 is 1.69. The van der Waals surface area contributed by atoms with Crippen LogP contribution in [0.5, 0.6) is 0 Å². The van der Waals surface area contributed by atoms with E-state index in [1.165, 1.54) is 23.6 Å². The zero-order valence-electron chi connectivity index (χ0n) is 12.7. The molecular weight excluding hydrogens is 294 g/mol. The molecule has 0 heterocycles. The lowest BCUT2D eigenvalue weighted by Crippen LogP contribution is -2.19. The molecule has 0 saturated carbocycles. The third-order valence-corrected chi connectivity index (χ3v) is 4.04. The van der Waals surface area contributed by atoms with Crippen LogP contribution in [-0.4, -0.2) is 29.5 Å². The van der Waals surface area contributed by atoms with Gasteiger partial charge in [-0.1, -0.05) is 36.4 Å². The molecule has 4 heteroatoms. The molecule has 1 amide bonds. The monoisotopic (exact) mass is 313 g/mol. The quantitative estimate of drug-likeness (QED) is 0.394. The van der Waals surface area contributed by atoms with E-state index in [9.17, 15) is 4.79 Å². The molecule has 0 spiro atoms. The van der Waals surface area contributed by atoms with Crippen LogP contribution in [0, 0.1) is 0 Å². The molecule has 2 rings (SSSR count). The molecule has 2 aromatic carbocycles. The Hall–Kier alpha value is -2.04. The number of amides is 1.